The molecule has 0 radical (unpaired) electrons. The minimum atomic E-state index is -0.372. The maximum Gasteiger partial charge on any atom is 0.341 e. The van der Waals surface area contributed by atoms with E-state index in [0.717, 1.165) is 0 Å². The van der Waals surface area contributed by atoms with Gasteiger partial charge in [0, 0.05) is 14.2 Å². The normalized spacial score (nSPS) is 12.4. The van der Waals surface area contributed by atoms with E-state index in [4.69, 9.17) is 14.2 Å². The zero-order chi connectivity index (χ0) is 13.5. The lowest BCUT2D eigenvalue weighted by Crippen LogP contribution is -2.17. The first-order valence-electron chi connectivity index (χ1n) is 5.88. The summed E-state index contributed by atoms with van der Waals surface area (Å²) in [6.45, 7) is 4.82. The number of nitrogens with zero attached hydrogens (tertiary/aromatic N) is 2. The molecule has 1 atom stereocenters. The molecule has 1 heterocycles. The number of aryl methyl sites for hydroxylation is 1. The number of carbonyl (C=O) groups excluding carboxylic acids is 1. The first-order chi connectivity index (χ1) is 8.60. The van der Waals surface area contributed by atoms with Crippen molar-refractivity contribution >= 4 is 5.97 Å². The van der Waals surface area contributed by atoms with Crippen molar-refractivity contribution in [1.82, 2.24) is 9.78 Å². The maximum absolute atomic E-state index is 11.7. The fourth-order valence-corrected chi connectivity index (χ4v) is 1.52. The van der Waals surface area contributed by atoms with Crippen LogP contribution in [0.2, 0.25) is 0 Å². The highest BCUT2D eigenvalue weighted by Crippen LogP contribution is 2.11. The summed E-state index contributed by atoms with van der Waals surface area (Å²) >= 11 is 0. The van der Waals surface area contributed by atoms with Crippen molar-refractivity contribution < 1.29 is 19.0 Å². The van der Waals surface area contributed by atoms with Gasteiger partial charge in [-0.25, -0.2) is 4.79 Å². The number of methoxy groups -OCH3 is 1. The van der Waals surface area contributed by atoms with Crippen molar-refractivity contribution in [3.05, 3.63) is 17.5 Å². The Morgan fingerprint density at radius 2 is 2.28 bits per heavy atom. The molecule has 6 heteroatoms. The predicted molar refractivity (Wildman–Crippen MR) is 65.3 cm³/mol. The molecule has 0 saturated carbocycles. The van der Waals surface area contributed by atoms with Gasteiger partial charge in [0.2, 0.25) is 0 Å². The van der Waals surface area contributed by atoms with Crippen LogP contribution >= 0.6 is 0 Å². The second-order valence-corrected chi connectivity index (χ2v) is 3.93. The van der Waals surface area contributed by atoms with Gasteiger partial charge >= 0.3 is 5.97 Å². The van der Waals surface area contributed by atoms with Crippen LogP contribution < -0.4 is 0 Å². The molecular formula is C12H20N2O4. The van der Waals surface area contributed by atoms with Crippen LogP contribution in [-0.2, 0) is 27.9 Å². The van der Waals surface area contributed by atoms with Gasteiger partial charge in [0.25, 0.3) is 0 Å². The molecule has 1 aromatic heterocycles. The van der Waals surface area contributed by atoms with Crippen molar-refractivity contribution in [2.75, 3.05) is 20.3 Å². The summed E-state index contributed by atoms with van der Waals surface area (Å²) < 4.78 is 17.1. The fourth-order valence-electron chi connectivity index (χ4n) is 1.52. The van der Waals surface area contributed by atoms with E-state index in [2.05, 4.69) is 5.10 Å². The zero-order valence-corrected chi connectivity index (χ0v) is 11.3. The Kier molecular flexibility index (Phi) is 5.80. The smallest absolute Gasteiger partial charge is 0.341 e. The molecule has 0 aliphatic rings. The van der Waals surface area contributed by atoms with Crippen LogP contribution in [0.5, 0.6) is 0 Å². The third-order valence-electron chi connectivity index (χ3n) is 2.46. The molecule has 1 aromatic rings. The van der Waals surface area contributed by atoms with Crippen molar-refractivity contribution in [2.24, 2.45) is 7.05 Å². The van der Waals surface area contributed by atoms with Gasteiger partial charge in [-0.05, 0) is 13.8 Å². The summed E-state index contributed by atoms with van der Waals surface area (Å²) in [5, 5.41) is 4.05. The van der Waals surface area contributed by atoms with Gasteiger partial charge in [-0.1, -0.05) is 0 Å². The SMILES string of the molecule is CCOC(=O)c1cnn(C)c1COC(C)COC. The summed E-state index contributed by atoms with van der Waals surface area (Å²) in [6.07, 6.45) is 1.46. The van der Waals surface area contributed by atoms with Crippen LogP contribution in [0.4, 0.5) is 0 Å². The van der Waals surface area contributed by atoms with E-state index in [1.165, 1.54) is 6.20 Å². The third-order valence-corrected chi connectivity index (χ3v) is 2.46. The first kappa shape index (κ1) is 14.7. The molecule has 18 heavy (non-hydrogen) atoms. The molecule has 1 rings (SSSR count). The largest absolute Gasteiger partial charge is 0.462 e. The van der Waals surface area contributed by atoms with Crippen LogP contribution in [0.15, 0.2) is 6.20 Å². The van der Waals surface area contributed by atoms with Crippen LogP contribution in [0, 0.1) is 0 Å². The molecule has 0 saturated heterocycles. The Bertz CT molecular complexity index is 389. The molecule has 0 bridgehead atoms. The number of esters is 1. The minimum Gasteiger partial charge on any atom is -0.462 e. The molecule has 102 valence electrons. The lowest BCUT2D eigenvalue weighted by molar-refractivity contribution is -0.00299. The Hall–Kier alpha value is -1.40. The number of ether oxygens (including phenoxy) is 3. The van der Waals surface area contributed by atoms with Crippen LogP contribution in [0.3, 0.4) is 0 Å². The van der Waals surface area contributed by atoms with Crippen LogP contribution in [-0.4, -0.2) is 42.2 Å². The zero-order valence-electron chi connectivity index (χ0n) is 11.3. The van der Waals surface area contributed by atoms with Crippen molar-refractivity contribution in [1.29, 1.82) is 0 Å². The number of carbonyl (C=O) groups is 1. The average Bonchev–Trinajstić information content (AvgIpc) is 2.69. The number of rotatable bonds is 7. The molecule has 0 aliphatic heterocycles. The second kappa shape index (κ2) is 7.13. The molecular weight excluding hydrogens is 236 g/mol. The molecule has 0 aromatic carbocycles. The summed E-state index contributed by atoms with van der Waals surface area (Å²) in [5.41, 5.74) is 1.15. The number of hydrogen-bond acceptors (Lipinski definition) is 5. The molecule has 0 amide bonds. The summed E-state index contributed by atoms with van der Waals surface area (Å²) in [7, 11) is 3.39. The number of aromatic nitrogens is 2. The van der Waals surface area contributed by atoms with Gasteiger partial charge in [-0.3, -0.25) is 4.68 Å². The van der Waals surface area contributed by atoms with Crippen molar-refractivity contribution in [2.45, 2.75) is 26.6 Å². The van der Waals surface area contributed by atoms with E-state index in [0.29, 0.717) is 31.1 Å². The lowest BCUT2D eigenvalue weighted by Gasteiger charge is -2.12. The van der Waals surface area contributed by atoms with Gasteiger partial charge in [0.15, 0.2) is 0 Å². The molecule has 0 fully saturated rings. The second-order valence-electron chi connectivity index (χ2n) is 3.93. The molecule has 0 N–H and O–H groups in total. The van der Waals surface area contributed by atoms with E-state index >= 15 is 0 Å². The van der Waals surface area contributed by atoms with Crippen LogP contribution in [0.25, 0.3) is 0 Å². The van der Waals surface area contributed by atoms with Crippen molar-refractivity contribution in [3.8, 4) is 0 Å². The highest BCUT2D eigenvalue weighted by molar-refractivity contribution is 5.90. The Morgan fingerprint density at radius 1 is 1.56 bits per heavy atom. The quantitative estimate of drug-likeness (QED) is 0.685. The van der Waals surface area contributed by atoms with Gasteiger partial charge in [-0.2, -0.15) is 5.10 Å². The monoisotopic (exact) mass is 256 g/mol. The van der Waals surface area contributed by atoms with E-state index < -0.39 is 0 Å². The van der Waals surface area contributed by atoms with Crippen molar-refractivity contribution in [3.63, 3.8) is 0 Å². The average molecular weight is 256 g/mol. The molecule has 1 unspecified atom stereocenters. The minimum absolute atomic E-state index is 0.0417. The maximum atomic E-state index is 11.7. The summed E-state index contributed by atoms with van der Waals surface area (Å²) in [6, 6.07) is 0. The van der Waals surface area contributed by atoms with Crippen LogP contribution in [0.1, 0.15) is 29.9 Å². The molecule has 6 nitrogen and oxygen atoms in total. The summed E-state index contributed by atoms with van der Waals surface area (Å²) in [4.78, 5) is 11.7. The van der Waals surface area contributed by atoms with Gasteiger partial charge in [-0.15, -0.1) is 0 Å². The predicted octanol–water partition coefficient (Wildman–Crippen LogP) is 1.15. The lowest BCUT2D eigenvalue weighted by atomic mass is 10.2. The van der Waals surface area contributed by atoms with Gasteiger partial charge in [0.1, 0.15) is 5.56 Å². The highest BCUT2D eigenvalue weighted by Gasteiger charge is 2.17. The van der Waals surface area contributed by atoms with Gasteiger partial charge < -0.3 is 14.2 Å². The number of hydrogen-bond donors (Lipinski definition) is 0. The van der Waals surface area contributed by atoms with E-state index in [1.807, 2.05) is 6.92 Å². The van der Waals surface area contributed by atoms with E-state index in [-0.39, 0.29) is 12.1 Å². The third kappa shape index (κ3) is 3.82. The topological polar surface area (TPSA) is 62.6 Å². The molecule has 0 spiro atoms. The highest BCUT2D eigenvalue weighted by atomic mass is 16.5. The van der Waals surface area contributed by atoms with E-state index in [1.54, 1.807) is 25.8 Å². The molecule has 0 aliphatic carbocycles. The van der Waals surface area contributed by atoms with Gasteiger partial charge in [0.05, 0.1) is 37.8 Å². The Morgan fingerprint density at radius 3 is 2.89 bits per heavy atom. The Balaban J connectivity index is 2.69. The fraction of sp³-hybridized carbons (Fsp3) is 0.667. The first-order valence-corrected chi connectivity index (χ1v) is 5.88. The Labute approximate surface area is 107 Å². The van der Waals surface area contributed by atoms with E-state index in [9.17, 15) is 4.79 Å². The standard InChI is InChI=1S/C12H20N2O4/c1-5-17-12(15)10-6-13-14(3)11(10)8-18-9(2)7-16-4/h6,9H,5,7-8H2,1-4H3. The summed E-state index contributed by atoms with van der Waals surface area (Å²) in [5.74, 6) is -0.372.